The third-order valence-corrected chi connectivity index (χ3v) is 7.31. The van der Waals surface area contributed by atoms with Crippen molar-refractivity contribution >= 4 is 39.1 Å². The van der Waals surface area contributed by atoms with Crippen molar-refractivity contribution in [1.29, 1.82) is 0 Å². The summed E-state index contributed by atoms with van der Waals surface area (Å²) in [5, 5.41) is 8.58. The molecule has 1 aromatic carbocycles. The van der Waals surface area contributed by atoms with Gasteiger partial charge in [-0.15, -0.1) is 0 Å². The Balaban J connectivity index is 1.74. The SMILES string of the molecule is CCCCN(C(=O)c1cc(NC(=O)c2cc(F)c(F)cc2Cl)n[nH]1)C1CCS(=O)(=O)CC1. The van der Waals surface area contributed by atoms with Crippen LogP contribution in [0.4, 0.5) is 14.6 Å². The first-order valence-corrected chi connectivity index (χ1v) is 12.3. The zero-order chi connectivity index (χ0) is 23.5. The zero-order valence-corrected chi connectivity index (χ0v) is 18.9. The second kappa shape index (κ2) is 9.95. The highest BCUT2D eigenvalue weighted by atomic mass is 35.5. The predicted octanol–water partition coefficient (Wildman–Crippen LogP) is 3.41. The van der Waals surface area contributed by atoms with Crippen molar-refractivity contribution in [3.63, 3.8) is 0 Å². The van der Waals surface area contributed by atoms with Crippen LogP contribution in [0.15, 0.2) is 18.2 Å². The maximum absolute atomic E-state index is 13.5. The van der Waals surface area contributed by atoms with E-state index in [1.165, 1.54) is 6.07 Å². The fourth-order valence-electron chi connectivity index (χ4n) is 3.50. The van der Waals surface area contributed by atoms with Crippen molar-refractivity contribution in [3.8, 4) is 0 Å². The molecular formula is C20H23ClF2N4O4S. The van der Waals surface area contributed by atoms with Gasteiger partial charge in [0, 0.05) is 18.7 Å². The summed E-state index contributed by atoms with van der Waals surface area (Å²) in [5.41, 5.74) is -0.171. The average molecular weight is 489 g/mol. The molecule has 0 bridgehead atoms. The Morgan fingerprint density at radius 3 is 2.53 bits per heavy atom. The fraction of sp³-hybridized carbons (Fsp3) is 0.450. The largest absolute Gasteiger partial charge is 0.334 e. The first-order valence-electron chi connectivity index (χ1n) is 10.1. The van der Waals surface area contributed by atoms with Gasteiger partial charge in [0.05, 0.1) is 22.1 Å². The minimum atomic E-state index is -3.07. The highest BCUT2D eigenvalue weighted by Crippen LogP contribution is 2.23. The molecule has 0 spiro atoms. The molecule has 2 amide bonds. The van der Waals surface area contributed by atoms with E-state index in [9.17, 15) is 26.8 Å². The summed E-state index contributed by atoms with van der Waals surface area (Å²) in [6.45, 7) is 2.45. The van der Waals surface area contributed by atoms with Crippen molar-refractivity contribution in [2.45, 2.75) is 38.6 Å². The highest BCUT2D eigenvalue weighted by Gasteiger charge is 2.31. The number of halogens is 3. The van der Waals surface area contributed by atoms with E-state index in [2.05, 4.69) is 15.5 Å². The van der Waals surface area contributed by atoms with Gasteiger partial charge in [-0.2, -0.15) is 5.10 Å². The van der Waals surface area contributed by atoms with Gasteiger partial charge in [0.2, 0.25) is 0 Å². The van der Waals surface area contributed by atoms with E-state index in [1.807, 2.05) is 6.92 Å². The number of amides is 2. The molecule has 32 heavy (non-hydrogen) atoms. The van der Waals surface area contributed by atoms with Crippen LogP contribution in [0.25, 0.3) is 0 Å². The van der Waals surface area contributed by atoms with Crippen LogP contribution in [-0.2, 0) is 9.84 Å². The number of benzene rings is 1. The minimum absolute atomic E-state index is 0.000753. The molecule has 1 saturated heterocycles. The van der Waals surface area contributed by atoms with Gasteiger partial charge < -0.3 is 10.2 Å². The number of unbranched alkanes of at least 4 members (excludes halogenated alkanes) is 1. The Bertz CT molecular complexity index is 1110. The van der Waals surface area contributed by atoms with Crippen LogP contribution in [-0.4, -0.2) is 59.4 Å². The van der Waals surface area contributed by atoms with Gasteiger partial charge in [-0.25, -0.2) is 17.2 Å². The Morgan fingerprint density at radius 1 is 1.22 bits per heavy atom. The second-order valence-corrected chi connectivity index (χ2v) is 10.3. The molecule has 2 aromatic rings. The van der Waals surface area contributed by atoms with Crippen molar-refractivity contribution in [1.82, 2.24) is 15.1 Å². The molecule has 0 atom stereocenters. The molecule has 0 aliphatic carbocycles. The number of sulfone groups is 1. The van der Waals surface area contributed by atoms with Crippen molar-refractivity contribution in [2.24, 2.45) is 0 Å². The molecule has 12 heteroatoms. The summed E-state index contributed by atoms with van der Waals surface area (Å²) in [5.74, 6) is -3.51. The van der Waals surface area contributed by atoms with Gasteiger partial charge in [-0.05, 0) is 31.4 Å². The number of nitrogens with one attached hydrogen (secondary N) is 2. The molecule has 174 valence electrons. The lowest BCUT2D eigenvalue weighted by molar-refractivity contribution is 0.0655. The van der Waals surface area contributed by atoms with Crippen LogP contribution >= 0.6 is 11.6 Å². The molecule has 2 heterocycles. The predicted molar refractivity (Wildman–Crippen MR) is 116 cm³/mol. The van der Waals surface area contributed by atoms with Crippen LogP contribution in [0.5, 0.6) is 0 Å². The summed E-state index contributed by atoms with van der Waals surface area (Å²) in [6, 6.07) is 2.49. The Hall–Kier alpha value is -2.53. The summed E-state index contributed by atoms with van der Waals surface area (Å²) in [4.78, 5) is 27.1. The number of H-pyrrole nitrogens is 1. The number of hydrogen-bond donors (Lipinski definition) is 2. The molecule has 1 fully saturated rings. The lowest BCUT2D eigenvalue weighted by Crippen LogP contribution is -2.45. The molecule has 0 unspecified atom stereocenters. The summed E-state index contributed by atoms with van der Waals surface area (Å²) in [6.07, 6.45) is 2.34. The number of carbonyl (C=O) groups excluding carboxylic acids is 2. The van der Waals surface area contributed by atoms with Crippen LogP contribution < -0.4 is 5.32 Å². The highest BCUT2D eigenvalue weighted by molar-refractivity contribution is 7.91. The van der Waals surface area contributed by atoms with Crippen LogP contribution in [0.3, 0.4) is 0 Å². The molecule has 2 N–H and O–H groups in total. The third kappa shape index (κ3) is 5.63. The van der Waals surface area contributed by atoms with Crippen LogP contribution in [0.2, 0.25) is 5.02 Å². The van der Waals surface area contributed by atoms with Crippen molar-refractivity contribution in [2.75, 3.05) is 23.4 Å². The lowest BCUT2D eigenvalue weighted by Gasteiger charge is -2.34. The maximum atomic E-state index is 13.5. The molecule has 1 aliphatic rings. The standard InChI is InChI=1S/C20H23ClF2N4O4S/c1-2-3-6-27(12-4-7-32(30,31)8-5-12)20(29)17-11-18(26-25-17)24-19(28)13-9-15(22)16(23)10-14(13)21/h9-12H,2-8H2,1H3,(H2,24,25,26,28). The van der Waals surface area contributed by atoms with Crippen LogP contribution in [0.1, 0.15) is 53.5 Å². The average Bonchev–Trinajstić information content (AvgIpc) is 3.20. The molecule has 0 saturated carbocycles. The van der Waals surface area contributed by atoms with Crippen LogP contribution in [0, 0.1) is 11.6 Å². The van der Waals surface area contributed by atoms with E-state index in [-0.39, 0.29) is 45.6 Å². The molecule has 3 rings (SSSR count). The number of rotatable bonds is 7. The van der Waals surface area contributed by atoms with Gasteiger partial charge in [0.25, 0.3) is 11.8 Å². The molecular weight excluding hydrogens is 466 g/mol. The van der Waals surface area contributed by atoms with Crippen molar-refractivity contribution < 1.29 is 26.8 Å². The van der Waals surface area contributed by atoms with E-state index in [0.717, 1.165) is 12.8 Å². The molecule has 1 aromatic heterocycles. The number of carbonyl (C=O) groups is 2. The fourth-order valence-corrected chi connectivity index (χ4v) is 5.20. The Kier molecular flexibility index (Phi) is 7.50. The van der Waals surface area contributed by atoms with E-state index in [4.69, 9.17) is 11.6 Å². The Labute approximate surface area is 189 Å². The monoisotopic (exact) mass is 488 g/mol. The smallest absolute Gasteiger partial charge is 0.272 e. The minimum Gasteiger partial charge on any atom is -0.334 e. The quantitative estimate of drug-likeness (QED) is 0.580. The number of anilines is 1. The molecule has 8 nitrogen and oxygen atoms in total. The Morgan fingerprint density at radius 2 is 1.88 bits per heavy atom. The zero-order valence-electron chi connectivity index (χ0n) is 17.3. The third-order valence-electron chi connectivity index (χ3n) is 5.28. The normalized spacial score (nSPS) is 16.0. The number of aromatic amines is 1. The lowest BCUT2D eigenvalue weighted by atomic mass is 10.1. The summed E-state index contributed by atoms with van der Waals surface area (Å²) in [7, 11) is -3.07. The summed E-state index contributed by atoms with van der Waals surface area (Å²) < 4.78 is 50.2. The van der Waals surface area contributed by atoms with Crippen molar-refractivity contribution in [3.05, 3.63) is 46.1 Å². The van der Waals surface area contributed by atoms with E-state index < -0.39 is 27.4 Å². The number of nitrogens with zero attached hydrogens (tertiary/aromatic N) is 2. The van der Waals surface area contributed by atoms with Gasteiger partial charge in [0.15, 0.2) is 17.5 Å². The number of hydrogen-bond acceptors (Lipinski definition) is 5. The number of aromatic nitrogens is 2. The topological polar surface area (TPSA) is 112 Å². The molecule has 1 aliphatic heterocycles. The first kappa shape index (κ1) is 24.1. The van der Waals surface area contributed by atoms with Gasteiger partial charge in [-0.3, -0.25) is 14.7 Å². The van der Waals surface area contributed by atoms with Gasteiger partial charge >= 0.3 is 0 Å². The van der Waals surface area contributed by atoms with Gasteiger partial charge in [0.1, 0.15) is 15.5 Å². The van der Waals surface area contributed by atoms with E-state index in [1.54, 1.807) is 4.90 Å². The van der Waals surface area contributed by atoms with E-state index >= 15 is 0 Å². The van der Waals surface area contributed by atoms with E-state index in [0.29, 0.717) is 31.5 Å². The first-order chi connectivity index (χ1) is 15.1. The maximum Gasteiger partial charge on any atom is 0.272 e. The summed E-state index contributed by atoms with van der Waals surface area (Å²) >= 11 is 5.82. The second-order valence-electron chi connectivity index (χ2n) is 7.60. The molecule has 0 radical (unpaired) electrons. The van der Waals surface area contributed by atoms with Gasteiger partial charge in [-0.1, -0.05) is 24.9 Å².